The molecule has 7 amide bonds. The van der Waals surface area contributed by atoms with Crippen LogP contribution in [0, 0.1) is 23.7 Å². The number of aliphatic carboxylic acids is 2. The maximum absolute atomic E-state index is 14.2. The molecule has 0 radical (unpaired) electrons. The van der Waals surface area contributed by atoms with Gasteiger partial charge >= 0.3 is 17.9 Å². The summed E-state index contributed by atoms with van der Waals surface area (Å²) in [5.74, 6) is -10.2. The van der Waals surface area contributed by atoms with Crippen molar-refractivity contribution >= 4 is 59.3 Å². The maximum Gasteiger partial charge on any atom is 0.328 e. The monoisotopic (exact) mass is 1050 g/mol. The summed E-state index contributed by atoms with van der Waals surface area (Å²) in [6.45, 7) is 17.9. The molecule has 1 heterocycles. The number of carboxylic acid groups (broad SMARTS) is 2. The molecule has 9 N–H and O–H groups in total. The molecule has 0 aromatic carbocycles. The molecule has 0 aromatic rings. The number of esters is 1. The Morgan fingerprint density at radius 3 is 1.24 bits per heavy atom. The first-order valence-electron chi connectivity index (χ1n) is 27.6. The van der Waals surface area contributed by atoms with Gasteiger partial charge < -0.3 is 52.2 Å². The molecule has 20 nitrogen and oxygen atoms in total. The molecule has 0 spiro atoms. The van der Waals surface area contributed by atoms with Crippen LogP contribution >= 0.6 is 0 Å². The van der Waals surface area contributed by atoms with Gasteiger partial charge in [0.05, 0.1) is 12.8 Å². The lowest BCUT2D eigenvalue weighted by molar-refractivity contribution is -0.155. The summed E-state index contributed by atoms with van der Waals surface area (Å²) in [5.41, 5.74) is 0. The van der Waals surface area contributed by atoms with Crippen molar-refractivity contribution in [3.8, 4) is 0 Å². The molecule has 1 fully saturated rings. The van der Waals surface area contributed by atoms with Crippen molar-refractivity contribution in [1.82, 2.24) is 37.2 Å². The Kier molecular flexibility index (Phi) is 33.0. The highest BCUT2D eigenvalue weighted by molar-refractivity contribution is 5.98. The first-order valence-corrected chi connectivity index (χ1v) is 27.6. The number of carboxylic acids is 2. The highest BCUT2D eigenvalue weighted by atomic mass is 16.5. The summed E-state index contributed by atoms with van der Waals surface area (Å²) in [7, 11) is 0. The smallest absolute Gasteiger partial charge is 0.328 e. The van der Waals surface area contributed by atoms with Gasteiger partial charge in [0.25, 0.3) is 0 Å². The molecule has 1 aliphatic rings. The number of carbonyl (C=O) groups excluding carboxylic acids is 8. The Bertz CT molecular complexity index is 1790. The second-order valence-electron chi connectivity index (χ2n) is 22.0. The van der Waals surface area contributed by atoms with Crippen molar-refractivity contribution in [3.63, 3.8) is 0 Å². The van der Waals surface area contributed by atoms with Crippen LogP contribution < -0.4 is 37.2 Å². The summed E-state index contributed by atoms with van der Waals surface area (Å²) in [6.07, 6.45) is 11.5. The van der Waals surface area contributed by atoms with Crippen molar-refractivity contribution in [2.45, 2.75) is 259 Å². The molecule has 1 aliphatic heterocycles. The zero-order valence-electron chi connectivity index (χ0n) is 46.4. The van der Waals surface area contributed by atoms with Crippen molar-refractivity contribution in [2.75, 3.05) is 0 Å². The van der Waals surface area contributed by atoms with E-state index in [-0.39, 0.29) is 62.2 Å². The van der Waals surface area contributed by atoms with Crippen molar-refractivity contribution in [1.29, 1.82) is 0 Å². The van der Waals surface area contributed by atoms with Gasteiger partial charge in [-0.3, -0.25) is 43.2 Å². The van der Waals surface area contributed by atoms with Crippen LogP contribution in [-0.2, 0) is 52.7 Å². The molecule has 8 atom stereocenters. The van der Waals surface area contributed by atoms with E-state index in [4.69, 9.17) is 4.74 Å². The van der Waals surface area contributed by atoms with Crippen molar-refractivity contribution < 1.29 is 62.9 Å². The number of cyclic esters (lactones) is 1. The van der Waals surface area contributed by atoms with E-state index in [1.165, 1.54) is 51.9 Å². The topological polar surface area (TPSA) is 305 Å². The molecule has 20 heteroatoms. The summed E-state index contributed by atoms with van der Waals surface area (Å²) in [6, 6.07) is -9.62. The fraction of sp³-hybridized carbons (Fsp3) is 0.815. The van der Waals surface area contributed by atoms with Gasteiger partial charge in [-0.05, 0) is 75.5 Å². The standard InChI is InChI=1S/C54H95N7O13/c1-11-12-13-14-15-16-17-18-19-20-21-22-23-24-38-31-45(62)56-39(25-26-46(63)64)49(68)58-41(28-34(4)5)51(70)59-40(27-33(2)3)50(69)55-37(10)48(67)57-43(32-47(65)66)53(72)60-42(29-35(6)7)52(71)61-44(30-36(8)9)54(73)74-38/h33-44H,11-32H2,1-10H3,(H,55,69)(H,56,62)(H,57,67)(H,58,68)(H,59,70)(H,60,72)(H,61,71)(H,63,64)(H,65,66)/t37-,38+,39-,40-,41-,42-,43-,44-/m0/s1. The predicted octanol–water partition coefficient (Wildman–Crippen LogP) is 5.72. The Morgan fingerprint density at radius 1 is 0.459 bits per heavy atom. The average molecular weight is 1050 g/mol. The molecule has 1 rings (SSSR count). The van der Waals surface area contributed by atoms with Crippen LogP contribution in [0.3, 0.4) is 0 Å². The van der Waals surface area contributed by atoms with Gasteiger partial charge in [0.1, 0.15) is 48.4 Å². The average Bonchev–Trinajstić information content (AvgIpc) is 3.29. The number of hydrogen-bond donors (Lipinski definition) is 9. The van der Waals surface area contributed by atoms with Gasteiger partial charge in [0.15, 0.2) is 0 Å². The van der Waals surface area contributed by atoms with Crippen LogP contribution in [0.5, 0.6) is 0 Å². The summed E-state index contributed by atoms with van der Waals surface area (Å²) >= 11 is 0. The molecule has 0 aliphatic carbocycles. The van der Waals surface area contributed by atoms with Gasteiger partial charge in [-0.25, -0.2) is 4.79 Å². The van der Waals surface area contributed by atoms with Crippen LogP contribution in [0.4, 0.5) is 0 Å². The first-order chi connectivity index (χ1) is 34.8. The van der Waals surface area contributed by atoms with Gasteiger partial charge in [-0.1, -0.05) is 139 Å². The van der Waals surface area contributed by atoms with Gasteiger partial charge in [-0.2, -0.15) is 0 Å². The van der Waals surface area contributed by atoms with Crippen LogP contribution in [0.15, 0.2) is 0 Å². The van der Waals surface area contributed by atoms with E-state index < -0.39 is 127 Å². The van der Waals surface area contributed by atoms with Gasteiger partial charge in [0, 0.05) is 6.42 Å². The number of nitrogens with one attached hydrogen (secondary N) is 7. The third-order valence-corrected chi connectivity index (χ3v) is 12.7. The lowest BCUT2D eigenvalue weighted by Crippen LogP contribution is -2.60. The molecule has 1 saturated heterocycles. The van der Waals surface area contributed by atoms with Crippen LogP contribution in [-0.4, -0.2) is 118 Å². The highest BCUT2D eigenvalue weighted by Crippen LogP contribution is 2.19. The minimum Gasteiger partial charge on any atom is -0.481 e. The zero-order chi connectivity index (χ0) is 55.9. The lowest BCUT2D eigenvalue weighted by atomic mass is 9.99. The Hall–Kier alpha value is -5.30. The molecule has 424 valence electrons. The number of rotatable bonds is 27. The Labute approximate surface area is 440 Å². The van der Waals surface area contributed by atoms with E-state index in [0.717, 1.165) is 32.1 Å². The maximum atomic E-state index is 14.2. The van der Waals surface area contributed by atoms with Crippen LogP contribution in [0.1, 0.15) is 210 Å². The minimum absolute atomic E-state index is 0.0423. The molecule has 0 bridgehead atoms. The van der Waals surface area contributed by atoms with Crippen LogP contribution in [0.2, 0.25) is 0 Å². The van der Waals surface area contributed by atoms with E-state index in [9.17, 15) is 58.2 Å². The molecule has 0 unspecified atom stereocenters. The van der Waals surface area contributed by atoms with E-state index >= 15 is 0 Å². The van der Waals surface area contributed by atoms with E-state index in [1.54, 1.807) is 41.5 Å². The number of hydrogen-bond acceptors (Lipinski definition) is 11. The number of unbranched alkanes of at least 4 members (excludes halogenated alkanes) is 12. The molecule has 0 aromatic heterocycles. The normalized spacial score (nSPS) is 23.7. The van der Waals surface area contributed by atoms with E-state index in [2.05, 4.69) is 44.1 Å². The second-order valence-corrected chi connectivity index (χ2v) is 22.0. The SMILES string of the molecule is CCCCCCCCCCCCCCC[C@@H]1CC(=O)N[C@@H](CCC(=O)O)C(=O)N[C@@H](CC(C)C)C(=O)N[C@@H](CC(C)C)C(=O)N[C@@H](C)C(=O)N[C@@H](CC(=O)O)C(=O)N[C@@H](CC(C)C)C(=O)N[C@@H](CC(C)C)C(=O)O1. The van der Waals surface area contributed by atoms with Crippen molar-refractivity contribution in [3.05, 3.63) is 0 Å². The third kappa shape index (κ3) is 29.6. The summed E-state index contributed by atoms with van der Waals surface area (Å²) in [4.78, 5) is 135. The largest absolute Gasteiger partial charge is 0.481 e. The fourth-order valence-electron chi connectivity index (χ4n) is 8.78. The Morgan fingerprint density at radius 2 is 0.824 bits per heavy atom. The predicted molar refractivity (Wildman–Crippen MR) is 281 cm³/mol. The molecule has 74 heavy (non-hydrogen) atoms. The first kappa shape index (κ1) is 66.7. The molecular formula is C54H95N7O13. The zero-order valence-corrected chi connectivity index (χ0v) is 46.4. The third-order valence-electron chi connectivity index (χ3n) is 12.7. The second kappa shape index (κ2) is 36.6. The fourth-order valence-corrected chi connectivity index (χ4v) is 8.78. The van der Waals surface area contributed by atoms with E-state index in [1.807, 2.05) is 13.8 Å². The Balaban J connectivity index is 3.77. The highest BCUT2D eigenvalue weighted by Gasteiger charge is 2.36. The van der Waals surface area contributed by atoms with Crippen molar-refractivity contribution in [2.24, 2.45) is 23.7 Å². The summed E-state index contributed by atoms with van der Waals surface area (Å²) < 4.78 is 6.05. The molecular weight excluding hydrogens is 955 g/mol. The minimum atomic E-state index is -1.71. The molecule has 0 saturated carbocycles. The number of amides is 7. The van der Waals surface area contributed by atoms with E-state index in [0.29, 0.717) is 6.42 Å². The number of ether oxygens (including phenoxy) is 1. The number of carbonyl (C=O) groups is 10. The summed E-state index contributed by atoms with van der Waals surface area (Å²) in [5, 5.41) is 37.5. The van der Waals surface area contributed by atoms with Crippen LogP contribution in [0.25, 0.3) is 0 Å². The lowest BCUT2D eigenvalue weighted by Gasteiger charge is -2.28. The quantitative estimate of drug-likeness (QED) is 0.0352. The van der Waals surface area contributed by atoms with Gasteiger partial charge in [-0.15, -0.1) is 0 Å². The van der Waals surface area contributed by atoms with Gasteiger partial charge in [0.2, 0.25) is 41.4 Å².